The summed E-state index contributed by atoms with van der Waals surface area (Å²) in [6.07, 6.45) is 2.85. The third-order valence-corrected chi connectivity index (χ3v) is 3.72. The van der Waals surface area contributed by atoms with Crippen LogP contribution < -0.4 is 4.74 Å². The van der Waals surface area contributed by atoms with Crippen LogP contribution in [-0.2, 0) is 0 Å². The molecule has 0 heterocycles. The van der Waals surface area contributed by atoms with E-state index in [2.05, 4.69) is 52.8 Å². The van der Waals surface area contributed by atoms with Gasteiger partial charge in [-0.1, -0.05) is 52.3 Å². The SMILES string of the molecule is C=CCC(c1ccc(Br)cc1)c1ccccc1OC. The van der Waals surface area contributed by atoms with Gasteiger partial charge in [0.2, 0.25) is 0 Å². The van der Waals surface area contributed by atoms with Crippen molar-refractivity contribution in [2.24, 2.45) is 0 Å². The summed E-state index contributed by atoms with van der Waals surface area (Å²) in [6.45, 7) is 3.87. The number of hydrogen-bond acceptors (Lipinski definition) is 1. The standard InChI is InChI=1S/C17H17BrO/c1-3-6-15(13-9-11-14(18)12-10-13)16-7-4-5-8-17(16)19-2/h3-5,7-12,15H,1,6H2,2H3. The highest BCUT2D eigenvalue weighted by molar-refractivity contribution is 9.10. The van der Waals surface area contributed by atoms with Gasteiger partial charge in [-0.2, -0.15) is 0 Å². The second-order valence-electron chi connectivity index (χ2n) is 4.37. The number of allylic oxidation sites excluding steroid dienone is 1. The highest BCUT2D eigenvalue weighted by Gasteiger charge is 2.16. The number of halogens is 1. The van der Waals surface area contributed by atoms with Gasteiger partial charge >= 0.3 is 0 Å². The Kier molecular flexibility index (Phi) is 4.80. The molecule has 0 N–H and O–H groups in total. The van der Waals surface area contributed by atoms with E-state index in [1.165, 1.54) is 11.1 Å². The molecule has 19 heavy (non-hydrogen) atoms. The van der Waals surface area contributed by atoms with E-state index in [-0.39, 0.29) is 5.92 Å². The minimum atomic E-state index is 0.279. The largest absolute Gasteiger partial charge is 0.496 e. The van der Waals surface area contributed by atoms with Crippen LogP contribution in [0.4, 0.5) is 0 Å². The summed E-state index contributed by atoms with van der Waals surface area (Å²) in [5.41, 5.74) is 2.47. The summed E-state index contributed by atoms with van der Waals surface area (Å²) >= 11 is 3.47. The molecule has 2 aromatic carbocycles. The van der Waals surface area contributed by atoms with E-state index in [0.29, 0.717) is 0 Å². The van der Waals surface area contributed by atoms with Crippen LogP contribution in [0.5, 0.6) is 5.75 Å². The van der Waals surface area contributed by atoms with Crippen LogP contribution in [0.1, 0.15) is 23.5 Å². The maximum atomic E-state index is 5.47. The summed E-state index contributed by atoms with van der Waals surface area (Å²) in [4.78, 5) is 0. The van der Waals surface area contributed by atoms with Crippen LogP contribution in [0.3, 0.4) is 0 Å². The Balaban J connectivity index is 2.44. The van der Waals surface area contributed by atoms with Gasteiger partial charge in [-0.15, -0.1) is 6.58 Å². The van der Waals surface area contributed by atoms with E-state index in [4.69, 9.17) is 4.74 Å². The third kappa shape index (κ3) is 3.27. The maximum Gasteiger partial charge on any atom is 0.122 e. The van der Waals surface area contributed by atoms with Gasteiger partial charge in [-0.3, -0.25) is 0 Å². The molecule has 0 spiro atoms. The van der Waals surface area contributed by atoms with Gasteiger partial charge < -0.3 is 4.74 Å². The number of rotatable bonds is 5. The smallest absolute Gasteiger partial charge is 0.122 e. The monoisotopic (exact) mass is 316 g/mol. The summed E-state index contributed by atoms with van der Waals surface area (Å²) < 4.78 is 6.57. The van der Waals surface area contributed by atoms with Gasteiger partial charge in [0, 0.05) is 16.0 Å². The Morgan fingerprint density at radius 3 is 2.47 bits per heavy atom. The van der Waals surface area contributed by atoms with Crippen molar-refractivity contribution in [3.05, 3.63) is 76.8 Å². The Morgan fingerprint density at radius 2 is 1.84 bits per heavy atom. The summed E-state index contributed by atoms with van der Waals surface area (Å²) in [7, 11) is 1.71. The second-order valence-corrected chi connectivity index (χ2v) is 5.29. The topological polar surface area (TPSA) is 9.23 Å². The van der Waals surface area contributed by atoms with Crippen molar-refractivity contribution in [2.45, 2.75) is 12.3 Å². The predicted molar refractivity (Wildman–Crippen MR) is 83.8 cm³/mol. The number of benzene rings is 2. The normalized spacial score (nSPS) is 11.9. The first kappa shape index (κ1) is 13.9. The first-order valence-electron chi connectivity index (χ1n) is 6.25. The molecule has 0 saturated carbocycles. The molecule has 0 amide bonds. The molecule has 0 aromatic heterocycles. The van der Waals surface area contributed by atoms with Crippen molar-refractivity contribution in [1.82, 2.24) is 0 Å². The van der Waals surface area contributed by atoms with Crippen molar-refractivity contribution in [1.29, 1.82) is 0 Å². The van der Waals surface area contributed by atoms with Crippen LogP contribution in [-0.4, -0.2) is 7.11 Å². The number of hydrogen-bond donors (Lipinski definition) is 0. The zero-order valence-corrected chi connectivity index (χ0v) is 12.6. The first-order chi connectivity index (χ1) is 9.26. The highest BCUT2D eigenvalue weighted by atomic mass is 79.9. The molecule has 1 unspecified atom stereocenters. The van der Waals surface area contributed by atoms with Gasteiger partial charge in [0.25, 0.3) is 0 Å². The lowest BCUT2D eigenvalue weighted by Crippen LogP contribution is -2.02. The quantitative estimate of drug-likeness (QED) is 0.692. The summed E-state index contributed by atoms with van der Waals surface area (Å²) in [5.74, 6) is 1.21. The molecule has 2 heteroatoms. The zero-order valence-electron chi connectivity index (χ0n) is 11.0. The minimum Gasteiger partial charge on any atom is -0.496 e. The highest BCUT2D eigenvalue weighted by Crippen LogP contribution is 2.34. The number of ether oxygens (including phenoxy) is 1. The Morgan fingerprint density at radius 1 is 1.16 bits per heavy atom. The average molecular weight is 317 g/mol. The molecule has 2 rings (SSSR count). The molecule has 0 bridgehead atoms. The summed E-state index contributed by atoms with van der Waals surface area (Å²) in [5, 5.41) is 0. The van der Waals surface area contributed by atoms with Crippen molar-refractivity contribution >= 4 is 15.9 Å². The molecular formula is C17H17BrO. The van der Waals surface area contributed by atoms with Crippen LogP contribution >= 0.6 is 15.9 Å². The van der Waals surface area contributed by atoms with E-state index < -0.39 is 0 Å². The van der Waals surface area contributed by atoms with E-state index in [1.807, 2.05) is 24.3 Å². The molecule has 0 aliphatic carbocycles. The minimum absolute atomic E-state index is 0.279. The van der Waals surface area contributed by atoms with Crippen molar-refractivity contribution in [2.75, 3.05) is 7.11 Å². The van der Waals surface area contributed by atoms with Crippen molar-refractivity contribution in [3.8, 4) is 5.75 Å². The molecule has 1 atom stereocenters. The van der Waals surface area contributed by atoms with Crippen molar-refractivity contribution in [3.63, 3.8) is 0 Å². The van der Waals surface area contributed by atoms with Gasteiger partial charge in [0.15, 0.2) is 0 Å². The Bertz CT molecular complexity index is 545. The fourth-order valence-corrected chi connectivity index (χ4v) is 2.52. The van der Waals surface area contributed by atoms with E-state index in [1.54, 1.807) is 7.11 Å². The van der Waals surface area contributed by atoms with Crippen LogP contribution in [0.25, 0.3) is 0 Å². The van der Waals surface area contributed by atoms with Gasteiger partial charge in [0.1, 0.15) is 5.75 Å². The lowest BCUT2D eigenvalue weighted by molar-refractivity contribution is 0.407. The molecule has 0 saturated heterocycles. The molecule has 1 nitrogen and oxygen atoms in total. The fourth-order valence-electron chi connectivity index (χ4n) is 2.26. The molecule has 0 aliphatic rings. The lowest BCUT2D eigenvalue weighted by atomic mass is 9.88. The Labute approximate surface area is 123 Å². The number of para-hydroxylation sites is 1. The average Bonchev–Trinajstić information content (AvgIpc) is 2.46. The van der Waals surface area contributed by atoms with E-state index >= 15 is 0 Å². The van der Waals surface area contributed by atoms with Gasteiger partial charge in [-0.25, -0.2) is 0 Å². The first-order valence-corrected chi connectivity index (χ1v) is 7.05. The van der Waals surface area contributed by atoms with Crippen LogP contribution in [0.15, 0.2) is 65.7 Å². The van der Waals surface area contributed by atoms with Crippen molar-refractivity contribution < 1.29 is 4.74 Å². The fraction of sp³-hybridized carbons (Fsp3) is 0.176. The predicted octanol–water partition coefficient (Wildman–Crippen LogP) is 5.17. The van der Waals surface area contributed by atoms with Crippen LogP contribution in [0.2, 0.25) is 0 Å². The lowest BCUT2D eigenvalue weighted by Gasteiger charge is -2.19. The summed E-state index contributed by atoms with van der Waals surface area (Å²) in [6, 6.07) is 16.6. The van der Waals surface area contributed by atoms with Gasteiger partial charge in [0.05, 0.1) is 7.11 Å². The Hall–Kier alpha value is -1.54. The second kappa shape index (κ2) is 6.58. The molecule has 98 valence electrons. The van der Waals surface area contributed by atoms with Gasteiger partial charge in [-0.05, 0) is 30.2 Å². The zero-order chi connectivity index (χ0) is 13.7. The van der Waals surface area contributed by atoms with Crippen LogP contribution in [0, 0.1) is 0 Å². The van der Waals surface area contributed by atoms with E-state index in [9.17, 15) is 0 Å². The molecule has 0 fully saturated rings. The third-order valence-electron chi connectivity index (χ3n) is 3.19. The molecular weight excluding hydrogens is 300 g/mol. The maximum absolute atomic E-state index is 5.47. The molecule has 2 aromatic rings. The van der Waals surface area contributed by atoms with E-state index in [0.717, 1.165) is 16.6 Å². The molecule has 0 radical (unpaired) electrons. The number of methoxy groups -OCH3 is 1. The molecule has 0 aliphatic heterocycles.